The first kappa shape index (κ1) is 16.4. The highest BCUT2D eigenvalue weighted by molar-refractivity contribution is 7.88. The molecule has 2 aromatic carbocycles. The van der Waals surface area contributed by atoms with E-state index in [1.807, 2.05) is 60.1 Å². The molecule has 0 fully saturated rings. The number of aromatic nitrogens is 2. The van der Waals surface area contributed by atoms with Crippen molar-refractivity contribution in [2.24, 2.45) is 7.05 Å². The van der Waals surface area contributed by atoms with Crippen LogP contribution in [0.2, 0.25) is 0 Å². The third kappa shape index (κ3) is 3.90. The number of sulfonamides is 1. The molecule has 3 aromatic rings. The first-order chi connectivity index (χ1) is 11.6. The Balaban J connectivity index is 1.91. The molecule has 1 heterocycles. The Morgan fingerprint density at radius 2 is 1.67 bits per heavy atom. The SMILES string of the molecule is Cn1ccnc1[C@H](NS(=O)(=O)Cc1ccccc1)c1ccccc1. The predicted octanol–water partition coefficient (Wildman–Crippen LogP) is 2.63. The van der Waals surface area contributed by atoms with Gasteiger partial charge in [0.05, 0.1) is 5.75 Å². The summed E-state index contributed by atoms with van der Waals surface area (Å²) in [6.07, 6.45) is 3.47. The Morgan fingerprint density at radius 1 is 1.04 bits per heavy atom. The van der Waals surface area contributed by atoms with Crippen LogP contribution in [0.1, 0.15) is 23.0 Å². The molecule has 0 unspecified atom stereocenters. The van der Waals surface area contributed by atoms with Crippen LogP contribution in [0.3, 0.4) is 0 Å². The molecule has 124 valence electrons. The molecule has 1 N–H and O–H groups in total. The molecule has 3 rings (SSSR count). The highest BCUT2D eigenvalue weighted by Gasteiger charge is 2.24. The van der Waals surface area contributed by atoms with E-state index >= 15 is 0 Å². The molecule has 24 heavy (non-hydrogen) atoms. The number of hydrogen-bond acceptors (Lipinski definition) is 3. The van der Waals surface area contributed by atoms with Gasteiger partial charge >= 0.3 is 0 Å². The van der Waals surface area contributed by atoms with Crippen LogP contribution in [0, 0.1) is 0 Å². The average molecular weight is 341 g/mol. The smallest absolute Gasteiger partial charge is 0.216 e. The average Bonchev–Trinajstić information content (AvgIpc) is 3.00. The van der Waals surface area contributed by atoms with E-state index < -0.39 is 16.1 Å². The Morgan fingerprint density at radius 3 is 2.25 bits per heavy atom. The van der Waals surface area contributed by atoms with Crippen LogP contribution in [0.4, 0.5) is 0 Å². The van der Waals surface area contributed by atoms with Crippen molar-refractivity contribution in [2.45, 2.75) is 11.8 Å². The fraction of sp³-hybridized carbons (Fsp3) is 0.167. The van der Waals surface area contributed by atoms with Gasteiger partial charge in [-0.3, -0.25) is 0 Å². The van der Waals surface area contributed by atoms with Gasteiger partial charge in [0, 0.05) is 19.4 Å². The van der Waals surface area contributed by atoms with Crippen molar-refractivity contribution in [3.8, 4) is 0 Å². The second kappa shape index (κ2) is 6.98. The number of imidazole rings is 1. The van der Waals surface area contributed by atoms with Crippen LogP contribution in [0.5, 0.6) is 0 Å². The van der Waals surface area contributed by atoms with Crippen molar-refractivity contribution in [2.75, 3.05) is 0 Å². The molecule has 0 aliphatic carbocycles. The van der Waals surface area contributed by atoms with Gasteiger partial charge < -0.3 is 4.57 Å². The quantitative estimate of drug-likeness (QED) is 0.750. The highest BCUT2D eigenvalue weighted by atomic mass is 32.2. The van der Waals surface area contributed by atoms with E-state index in [2.05, 4.69) is 9.71 Å². The lowest BCUT2D eigenvalue weighted by Crippen LogP contribution is -2.32. The van der Waals surface area contributed by atoms with Crippen LogP contribution in [-0.2, 0) is 22.8 Å². The van der Waals surface area contributed by atoms with Gasteiger partial charge in [0.2, 0.25) is 10.0 Å². The first-order valence-electron chi connectivity index (χ1n) is 7.61. The van der Waals surface area contributed by atoms with E-state index in [0.29, 0.717) is 5.82 Å². The summed E-state index contributed by atoms with van der Waals surface area (Å²) in [7, 11) is -1.68. The molecule has 0 amide bonds. The second-order valence-electron chi connectivity index (χ2n) is 5.60. The van der Waals surface area contributed by atoms with Crippen LogP contribution in [0.25, 0.3) is 0 Å². The molecule has 1 atom stereocenters. The molecule has 0 saturated heterocycles. The third-order valence-corrected chi connectivity index (χ3v) is 5.05. The lowest BCUT2D eigenvalue weighted by atomic mass is 10.1. The van der Waals surface area contributed by atoms with Crippen LogP contribution >= 0.6 is 0 Å². The van der Waals surface area contributed by atoms with E-state index in [9.17, 15) is 8.42 Å². The number of rotatable bonds is 6. The number of aryl methyl sites for hydroxylation is 1. The maximum atomic E-state index is 12.6. The summed E-state index contributed by atoms with van der Waals surface area (Å²) in [5, 5.41) is 0. The fourth-order valence-electron chi connectivity index (χ4n) is 2.59. The molecule has 0 radical (unpaired) electrons. The first-order valence-corrected chi connectivity index (χ1v) is 9.26. The summed E-state index contributed by atoms with van der Waals surface area (Å²) in [5.41, 5.74) is 1.60. The molecule has 5 nitrogen and oxygen atoms in total. The molecule has 0 aliphatic rings. The van der Waals surface area contributed by atoms with Crippen molar-refractivity contribution in [3.63, 3.8) is 0 Å². The molecule has 0 aliphatic heterocycles. The highest BCUT2D eigenvalue weighted by Crippen LogP contribution is 2.22. The zero-order chi connectivity index (χ0) is 17.0. The van der Waals surface area contributed by atoms with Gasteiger partial charge in [-0.05, 0) is 11.1 Å². The van der Waals surface area contributed by atoms with Crippen LogP contribution < -0.4 is 4.72 Å². The molecule has 0 bridgehead atoms. The standard InChI is InChI=1S/C18H19N3O2S/c1-21-13-12-19-18(21)17(16-10-6-3-7-11-16)20-24(22,23)14-15-8-4-2-5-9-15/h2-13,17,20H,14H2,1H3/t17-/m1/s1. The lowest BCUT2D eigenvalue weighted by Gasteiger charge is -2.19. The minimum atomic E-state index is -3.53. The summed E-state index contributed by atoms with van der Waals surface area (Å²) in [6.45, 7) is 0. The van der Waals surface area contributed by atoms with Gasteiger partial charge in [-0.25, -0.2) is 13.4 Å². The molecule has 1 aromatic heterocycles. The zero-order valence-corrected chi connectivity index (χ0v) is 14.1. The topological polar surface area (TPSA) is 64.0 Å². The van der Waals surface area contributed by atoms with Gasteiger partial charge in [-0.15, -0.1) is 0 Å². The van der Waals surface area contributed by atoms with Crippen molar-refractivity contribution >= 4 is 10.0 Å². The molecular formula is C18H19N3O2S. The largest absolute Gasteiger partial charge is 0.336 e. The summed E-state index contributed by atoms with van der Waals surface area (Å²) in [4.78, 5) is 4.32. The molecule has 0 spiro atoms. The second-order valence-corrected chi connectivity index (χ2v) is 7.36. The number of nitrogens with zero attached hydrogens (tertiary/aromatic N) is 2. The van der Waals surface area contributed by atoms with E-state index in [1.165, 1.54) is 0 Å². The van der Waals surface area contributed by atoms with E-state index in [1.54, 1.807) is 24.5 Å². The summed E-state index contributed by atoms with van der Waals surface area (Å²) < 4.78 is 29.9. The maximum absolute atomic E-state index is 12.6. The van der Waals surface area contributed by atoms with Gasteiger partial charge in [0.25, 0.3) is 0 Å². The molecule has 6 heteroatoms. The van der Waals surface area contributed by atoms with E-state index in [0.717, 1.165) is 11.1 Å². The van der Waals surface area contributed by atoms with Crippen LogP contribution in [0.15, 0.2) is 73.1 Å². The maximum Gasteiger partial charge on any atom is 0.216 e. The number of nitrogens with one attached hydrogen (secondary N) is 1. The van der Waals surface area contributed by atoms with Crippen molar-refractivity contribution in [1.29, 1.82) is 0 Å². The Bertz CT molecular complexity index is 890. The summed E-state index contributed by atoms with van der Waals surface area (Å²) >= 11 is 0. The third-order valence-electron chi connectivity index (χ3n) is 3.75. The van der Waals surface area contributed by atoms with E-state index in [-0.39, 0.29) is 5.75 Å². The number of hydrogen-bond donors (Lipinski definition) is 1. The van der Waals surface area contributed by atoms with Crippen molar-refractivity contribution < 1.29 is 8.42 Å². The summed E-state index contributed by atoms with van der Waals surface area (Å²) in [5.74, 6) is 0.583. The van der Waals surface area contributed by atoms with Gasteiger partial charge in [-0.1, -0.05) is 60.7 Å². The van der Waals surface area contributed by atoms with E-state index in [4.69, 9.17) is 0 Å². The normalized spacial score (nSPS) is 12.9. The lowest BCUT2D eigenvalue weighted by molar-refractivity contribution is 0.562. The Hall–Kier alpha value is -2.44. The predicted molar refractivity (Wildman–Crippen MR) is 93.7 cm³/mol. The zero-order valence-electron chi connectivity index (χ0n) is 13.3. The monoisotopic (exact) mass is 341 g/mol. The molecular weight excluding hydrogens is 322 g/mol. The molecule has 0 saturated carbocycles. The Kier molecular flexibility index (Phi) is 4.78. The van der Waals surface area contributed by atoms with Crippen molar-refractivity contribution in [1.82, 2.24) is 14.3 Å². The van der Waals surface area contributed by atoms with Crippen LogP contribution in [-0.4, -0.2) is 18.0 Å². The van der Waals surface area contributed by atoms with Gasteiger partial charge in [0.15, 0.2) is 0 Å². The van der Waals surface area contributed by atoms with Gasteiger partial charge in [0.1, 0.15) is 11.9 Å². The number of benzene rings is 2. The van der Waals surface area contributed by atoms with Crippen molar-refractivity contribution in [3.05, 3.63) is 90.0 Å². The fourth-order valence-corrected chi connectivity index (χ4v) is 3.90. The minimum absolute atomic E-state index is 0.0679. The Labute approximate surface area is 142 Å². The minimum Gasteiger partial charge on any atom is -0.336 e. The summed E-state index contributed by atoms with van der Waals surface area (Å²) in [6, 6.07) is 18.1. The van der Waals surface area contributed by atoms with Gasteiger partial charge in [-0.2, -0.15) is 4.72 Å².